The monoisotopic (exact) mass is 483 g/mol. The van der Waals surface area contributed by atoms with Crippen molar-refractivity contribution in [2.75, 3.05) is 30.8 Å². The van der Waals surface area contributed by atoms with E-state index < -0.39 is 15.4 Å². The number of ether oxygens (including phenoxy) is 1. The Morgan fingerprint density at radius 2 is 1.94 bits per heavy atom. The third kappa shape index (κ3) is 4.11. The standard InChI is InChI=1S/C24H29N5O4S/c1-24(2,3)33-23(30)27-10-8-17(14-27)28-12-9-19-21(28)25-15-26-22(19)29-11-7-16-13-18(34(4,31)32)5-6-20(16)29/h5-6,9,12-13,15,17H,7-8,10-11,14H2,1-4H3. The molecule has 1 amide bonds. The van der Waals surface area contributed by atoms with Crippen molar-refractivity contribution in [1.82, 2.24) is 19.4 Å². The van der Waals surface area contributed by atoms with Crippen molar-refractivity contribution in [3.05, 3.63) is 42.4 Å². The molecule has 2 aliphatic heterocycles. The van der Waals surface area contributed by atoms with E-state index in [-0.39, 0.29) is 12.1 Å². The van der Waals surface area contributed by atoms with E-state index in [1.54, 1.807) is 23.4 Å². The van der Waals surface area contributed by atoms with Crippen LogP contribution in [0.3, 0.4) is 0 Å². The van der Waals surface area contributed by atoms with E-state index >= 15 is 0 Å². The minimum Gasteiger partial charge on any atom is -0.444 e. The average Bonchev–Trinajstić information content (AvgIpc) is 3.48. The molecular formula is C24H29N5O4S. The van der Waals surface area contributed by atoms with Gasteiger partial charge in [0.2, 0.25) is 0 Å². The second kappa shape index (κ2) is 7.97. The average molecular weight is 484 g/mol. The number of rotatable bonds is 3. The molecule has 180 valence electrons. The first kappa shape index (κ1) is 22.6. The van der Waals surface area contributed by atoms with Crippen LogP contribution < -0.4 is 4.90 Å². The zero-order valence-corrected chi connectivity index (χ0v) is 20.7. The Kier molecular flexibility index (Phi) is 5.31. The summed E-state index contributed by atoms with van der Waals surface area (Å²) in [5, 5.41) is 0.929. The van der Waals surface area contributed by atoms with E-state index in [9.17, 15) is 13.2 Å². The van der Waals surface area contributed by atoms with E-state index in [2.05, 4.69) is 19.4 Å². The van der Waals surface area contributed by atoms with Crippen molar-refractivity contribution in [1.29, 1.82) is 0 Å². The maximum atomic E-state index is 12.5. The van der Waals surface area contributed by atoms with Gasteiger partial charge in [-0.3, -0.25) is 0 Å². The number of nitrogens with zero attached hydrogens (tertiary/aromatic N) is 5. The molecule has 4 heterocycles. The Hall–Kier alpha value is -3.14. The smallest absolute Gasteiger partial charge is 0.410 e. The van der Waals surface area contributed by atoms with Crippen LogP contribution in [0.25, 0.3) is 11.0 Å². The maximum Gasteiger partial charge on any atom is 0.410 e. The number of aromatic nitrogens is 3. The van der Waals surface area contributed by atoms with Gasteiger partial charge in [0.05, 0.1) is 16.3 Å². The summed E-state index contributed by atoms with van der Waals surface area (Å²) in [4.78, 5) is 25.8. The van der Waals surface area contributed by atoms with Gasteiger partial charge in [-0.25, -0.2) is 23.2 Å². The Balaban J connectivity index is 1.42. The molecule has 0 spiro atoms. The molecule has 1 atom stereocenters. The number of anilines is 2. The summed E-state index contributed by atoms with van der Waals surface area (Å²) in [5.74, 6) is 0.802. The maximum absolute atomic E-state index is 12.5. The molecule has 10 heteroatoms. The molecule has 1 saturated heterocycles. The molecular weight excluding hydrogens is 454 g/mol. The summed E-state index contributed by atoms with van der Waals surface area (Å²) < 4.78 is 31.6. The summed E-state index contributed by atoms with van der Waals surface area (Å²) in [6.45, 7) is 7.53. The van der Waals surface area contributed by atoms with E-state index in [1.807, 2.05) is 39.1 Å². The molecule has 3 aromatic rings. The topological polar surface area (TPSA) is 97.6 Å². The SMILES string of the molecule is CC(C)(C)OC(=O)N1CCC(n2ccc3c(N4CCc5cc(S(C)(=O)=O)ccc54)ncnc32)C1. The second-order valence-electron chi connectivity index (χ2n) is 9.99. The van der Waals surface area contributed by atoms with E-state index in [0.29, 0.717) is 18.0 Å². The lowest BCUT2D eigenvalue weighted by Gasteiger charge is -2.24. The van der Waals surface area contributed by atoms with Gasteiger partial charge >= 0.3 is 6.09 Å². The lowest BCUT2D eigenvalue weighted by molar-refractivity contribution is 0.0289. The normalized spacial score (nSPS) is 18.5. The molecule has 0 N–H and O–H groups in total. The van der Waals surface area contributed by atoms with Gasteiger partial charge in [-0.1, -0.05) is 0 Å². The molecule has 1 aromatic carbocycles. The third-order valence-corrected chi connectivity index (χ3v) is 7.44. The van der Waals surface area contributed by atoms with Gasteiger partial charge in [-0.15, -0.1) is 0 Å². The van der Waals surface area contributed by atoms with Crippen molar-refractivity contribution in [2.45, 2.75) is 50.2 Å². The zero-order valence-electron chi connectivity index (χ0n) is 19.9. The quantitative estimate of drug-likeness (QED) is 0.560. The molecule has 2 aromatic heterocycles. The molecule has 1 unspecified atom stereocenters. The molecule has 5 rings (SSSR count). The number of carbonyl (C=O) groups is 1. The number of carbonyl (C=O) groups excluding carboxylic acids is 1. The van der Waals surface area contributed by atoms with Gasteiger partial charge in [0.15, 0.2) is 9.84 Å². The Bertz CT molecular complexity index is 1380. The van der Waals surface area contributed by atoms with Gasteiger partial charge < -0.3 is 19.1 Å². The zero-order chi connectivity index (χ0) is 24.3. The van der Waals surface area contributed by atoms with Crippen LogP contribution in [-0.4, -0.2) is 65.4 Å². The van der Waals surface area contributed by atoms with Crippen molar-refractivity contribution in [3.63, 3.8) is 0 Å². The van der Waals surface area contributed by atoms with Crippen LogP contribution in [-0.2, 0) is 21.0 Å². The molecule has 34 heavy (non-hydrogen) atoms. The third-order valence-electron chi connectivity index (χ3n) is 6.33. The van der Waals surface area contributed by atoms with Gasteiger partial charge in [-0.05, 0) is 63.4 Å². The highest BCUT2D eigenvalue weighted by atomic mass is 32.2. The minimum atomic E-state index is -3.25. The number of hydrogen-bond acceptors (Lipinski definition) is 7. The Morgan fingerprint density at radius 3 is 2.68 bits per heavy atom. The van der Waals surface area contributed by atoms with Crippen molar-refractivity contribution >= 4 is 38.5 Å². The van der Waals surface area contributed by atoms with Crippen molar-refractivity contribution in [2.24, 2.45) is 0 Å². The molecule has 0 bridgehead atoms. The highest BCUT2D eigenvalue weighted by molar-refractivity contribution is 7.90. The molecule has 2 aliphatic rings. The Labute approximate surface area is 199 Å². The van der Waals surface area contributed by atoms with Crippen molar-refractivity contribution < 1.29 is 17.9 Å². The lowest BCUT2D eigenvalue weighted by atomic mass is 10.2. The fourth-order valence-electron chi connectivity index (χ4n) is 4.76. The van der Waals surface area contributed by atoms with Crippen LogP contribution >= 0.6 is 0 Å². The van der Waals surface area contributed by atoms with Gasteiger partial charge in [-0.2, -0.15) is 0 Å². The van der Waals surface area contributed by atoms with Gasteiger partial charge in [0.25, 0.3) is 0 Å². The number of likely N-dealkylation sites (tertiary alicyclic amines) is 1. The summed E-state index contributed by atoms with van der Waals surface area (Å²) in [6, 6.07) is 7.40. The molecule has 0 aliphatic carbocycles. The van der Waals surface area contributed by atoms with Crippen molar-refractivity contribution in [3.8, 4) is 0 Å². The predicted molar refractivity (Wildman–Crippen MR) is 129 cm³/mol. The first-order valence-corrected chi connectivity index (χ1v) is 13.3. The largest absolute Gasteiger partial charge is 0.444 e. The summed E-state index contributed by atoms with van der Waals surface area (Å²) >= 11 is 0. The number of hydrogen-bond donors (Lipinski definition) is 0. The lowest BCUT2D eigenvalue weighted by Crippen LogP contribution is -2.35. The van der Waals surface area contributed by atoms with Crippen LogP contribution in [0.1, 0.15) is 38.8 Å². The fourth-order valence-corrected chi connectivity index (χ4v) is 5.43. The summed E-state index contributed by atoms with van der Waals surface area (Å²) in [6.07, 6.45) is 6.09. The first-order chi connectivity index (χ1) is 16.0. The molecule has 0 saturated carbocycles. The van der Waals surface area contributed by atoms with Crippen LogP contribution in [0.15, 0.2) is 41.7 Å². The van der Waals surface area contributed by atoms with Crippen LogP contribution in [0.2, 0.25) is 0 Å². The fraction of sp³-hybridized carbons (Fsp3) is 0.458. The Morgan fingerprint density at radius 1 is 1.15 bits per heavy atom. The summed E-state index contributed by atoms with van der Waals surface area (Å²) in [5.41, 5.74) is 2.27. The number of benzene rings is 1. The summed E-state index contributed by atoms with van der Waals surface area (Å²) in [7, 11) is -3.25. The highest BCUT2D eigenvalue weighted by Crippen LogP contribution is 2.38. The highest BCUT2D eigenvalue weighted by Gasteiger charge is 2.32. The van der Waals surface area contributed by atoms with E-state index in [1.165, 1.54) is 6.26 Å². The molecule has 0 radical (unpaired) electrons. The van der Waals surface area contributed by atoms with Crippen LogP contribution in [0.4, 0.5) is 16.3 Å². The van der Waals surface area contributed by atoms with E-state index in [0.717, 1.165) is 47.5 Å². The number of sulfone groups is 1. The van der Waals surface area contributed by atoms with Crippen LogP contribution in [0, 0.1) is 0 Å². The molecule has 9 nitrogen and oxygen atoms in total. The second-order valence-corrected chi connectivity index (χ2v) is 12.0. The van der Waals surface area contributed by atoms with Gasteiger partial charge in [0.1, 0.15) is 23.4 Å². The predicted octanol–water partition coefficient (Wildman–Crippen LogP) is 3.71. The first-order valence-electron chi connectivity index (χ1n) is 11.4. The van der Waals surface area contributed by atoms with Gasteiger partial charge in [0, 0.05) is 37.8 Å². The number of amides is 1. The van der Waals surface area contributed by atoms with Crippen LogP contribution in [0.5, 0.6) is 0 Å². The molecule has 1 fully saturated rings. The number of fused-ring (bicyclic) bond motifs is 2. The van der Waals surface area contributed by atoms with E-state index in [4.69, 9.17) is 4.74 Å². The minimum absolute atomic E-state index is 0.107.